The first-order valence-corrected chi connectivity index (χ1v) is 8.63. The van der Waals surface area contributed by atoms with Crippen LogP contribution in [0.15, 0.2) is 59.0 Å². The molecule has 1 aliphatic heterocycles. The van der Waals surface area contributed by atoms with E-state index in [4.69, 9.17) is 16.6 Å². The number of ether oxygens (including phenoxy) is 1. The third-order valence-electron chi connectivity index (χ3n) is 4.00. The zero-order valence-corrected chi connectivity index (χ0v) is 15.7. The fourth-order valence-electron chi connectivity index (χ4n) is 2.61. The molecule has 0 saturated carbocycles. The van der Waals surface area contributed by atoms with Gasteiger partial charge in [0.05, 0.1) is 12.7 Å². The van der Waals surface area contributed by atoms with Gasteiger partial charge in [0.2, 0.25) is 0 Å². The minimum absolute atomic E-state index is 0.0397. The highest BCUT2D eigenvalue weighted by Crippen LogP contribution is 2.25. The van der Waals surface area contributed by atoms with E-state index in [9.17, 15) is 14.4 Å². The Balaban J connectivity index is 1.86. The SMILES string of the molecule is C=CCN1C(=O)C(=Cc2ccc(-c3ccc(C(=O)OC)cc3)o2)C(=O)NC1=S. The summed E-state index contributed by atoms with van der Waals surface area (Å²) in [6.07, 6.45) is 2.88. The first-order valence-electron chi connectivity index (χ1n) is 8.23. The molecule has 1 saturated heterocycles. The van der Waals surface area contributed by atoms with Gasteiger partial charge in [-0.15, -0.1) is 6.58 Å². The zero-order valence-electron chi connectivity index (χ0n) is 14.9. The van der Waals surface area contributed by atoms with Crippen LogP contribution in [0.4, 0.5) is 0 Å². The Morgan fingerprint density at radius 3 is 2.61 bits per heavy atom. The summed E-state index contributed by atoms with van der Waals surface area (Å²) in [4.78, 5) is 37.4. The average molecular weight is 396 g/mol. The van der Waals surface area contributed by atoms with Crippen LogP contribution in [0.5, 0.6) is 0 Å². The number of thiocarbonyl (C=S) groups is 1. The highest BCUT2D eigenvalue weighted by molar-refractivity contribution is 7.80. The van der Waals surface area contributed by atoms with E-state index in [-0.39, 0.29) is 17.2 Å². The number of esters is 1. The third-order valence-corrected chi connectivity index (χ3v) is 4.32. The van der Waals surface area contributed by atoms with E-state index in [2.05, 4.69) is 16.6 Å². The molecular formula is C20H16N2O5S. The van der Waals surface area contributed by atoms with Gasteiger partial charge in [0.25, 0.3) is 11.8 Å². The van der Waals surface area contributed by atoms with Gasteiger partial charge in [-0.1, -0.05) is 18.2 Å². The molecule has 3 rings (SSSR count). The molecule has 1 fully saturated rings. The van der Waals surface area contributed by atoms with Crippen LogP contribution in [-0.2, 0) is 14.3 Å². The van der Waals surface area contributed by atoms with Crippen molar-refractivity contribution in [1.82, 2.24) is 10.2 Å². The van der Waals surface area contributed by atoms with Crippen LogP contribution in [-0.4, -0.2) is 41.5 Å². The molecule has 2 amide bonds. The number of nitrogens with one attached hydrogen (secondary N) is 1. The van der Waals surface area contributed by atoms with Crippen LogP contribution < -0.4 is 5.32 Å². The van der Waals surface area contributed by atoms with Gasteiger partial charge in [-0.05, 0) is 42.6 Å². The number of carbonyl (C=O) groups is 3. The van der Waals surface area contributed by atoms with Gasteiger partial charge in [-0.25, -0.2) is 4.79 Å². The number of rotatable bonds is 5. The Bertz CT molecular complexity index is 1000. The molecule has 0 aliphatic carbocycles. The van der Waals surface area contributed by atoms with Crippen molar-refractivity contribution in [3.63, 3.8) is 0 Å². The third kappa shape index (κ3) is 3.77. The van der Waals surface area contributed by atoms with Gasteiger partial charge in [0.15, 0.2) is 5.11 Å². The minimum atomic E-state index is -0.587. The lowest BCUT2D eigenvalue weighted by Gasteiger charge is -2.27. The summed E-state index contributed by atoms with van der Waals surface area (Å²) in [5.41, 5.74) is 1.06. The predicted molar refractivity (Wildman–Crippen MR) is 106 cm³/mol. The molecule has 8 heteroatoms. The van der Waals surface area contributed by atoms with Crippen molar-refractivity contribution in [2.45, 2.75) is 0 Å². The van der Waals surface area contributed by atoms with Crippen LogP contribution in [0.2, 0.25) is 0 Å². The number of hydrogen-bond donors (Lipinski definition) is 1. The van der Waals surface area contributed by atoms with E-state index in [1.165, 1.54) is 24.2 Å². The molecule has 0 unspecified atom stereocenters. The predicted octanol–water partition coefficient (Wildman–Crippen LogP) is 2.55. The molecule has 7 nitrogen and oxygen atoms in total. The van der Waals surface area contributed by atoms with E-state index in [0.717, 1.165) is 5.56 Å². The summed E-state index contributed by atoms with van der Waals surface area (Å²) < 4.78 is 10.4. The van der Waals surface area contributed by atoms with Gasteiger partial charge >= 0.3 is 5.97 Å². The molecule has 1 aromatic heterocycles. The van der Waals surface area contributed by atoms with Crippen LogP contribution in [0.25, 0.3) is 17.4 Å². The van der Waals surface area contributed by atoms with Crippen molar-refractivity contribution in [2.24, 2.45) is 0 Å². The zero-order chi connectivity index (χ0) is 20.3. The number of nitrogens with zero attached hydrogens (tertiary/aromatic N) is 1. The molecule has 1 aromatic carbocycles. The Morgan fingerprint density at radius 1 is 1.25 bits per heavy atom. The Morgan fingerprint density at radius 2 is 1.96 bits per heavy atom. The number of hydrogen-bond acceptors (Lipinski definition) is 6. The minimum Gasteiger partial charge on any atom is -0.465 e. The second-order valence-corrected chi connectivity index (χ2v) is 6.18. The summed E-state index contributed by atoms with van der Waals surface area (Å²) in [5, 5.41) is 2.51. The summed E-state index contributed by atoms with van der Waals surface area (Å²) in [6, 6.07) is 10.0. The van der Waals surface area contributed by atoms with Crippen LogP contribution >= 0.6 is 12.2 Å². The molecule has 0 bridgehead atoms. The van der Waals surface area contributed by atoms with Crippen molar-refractivity contribution in [3.05, 3.63) is 65.9 Å². The molecule has 0 atom stereocenters. The lowest BCUT2D eigenvalue weighted by Crippen LogP contribution is -2.53. The van der Waals surface area contributed by atoms with E-state index in [1.54, 1.807) is 36.4 Å². The van der Waals surface area contributed by atoms with Crippen LogP contribution in [0.1, 0.15) is 16.1 Å². The van der Waals surface area contributed by atoms with Crippen molar-refractivity contribution in [2.75, 3.05) is 13.7 Å². The van der Waals surface area contributed by atoms with E-state index in [1.807, 2.05) is 0 Å². The number of carbonyl (C=O) groups excluding carboxylic acids is 3. The van der Waals surface area contributed by atoms with E-state index in [0.29, 0.717) is 17.1 Å². The van der Waals surface area contributed by atoms with Crippen LogP contribution in [0.3, 0.4) is 0 Å². The fourth-order valence-corrected chi connectivity index (χ4v) is 2.86. The summed E-state index contributed by atoms with van der Waals surface area (Å²) >= 11 is 5.01. The number of amides is 2. The van der Waals surface area contributed by atoms with Crippen molar-refractivity contribution >= 4 is 41.2 Å². The molecule has 1 aliphatic rings. The number of furan rings is 1. The van der Waals surface area contributed by atoms with Gasteiger partial charge in [-0.2, -0.15) is 0 Å². The van der Waals surface area contributed by atoms with E-state index < -0.39 is 17.8 Å². The quantitative estimate of drug-likeness (QED) is 0.275. The maximum Gasteiger partial charge on any atom is 0.337 e. The molecular weight excluding hydrogens is 380 g/mol. The maximum atomic E-state index is 12.5. The number of methoxy groups -OCH3 is 1. The summed E-state index contributed by atoms with van der Waals surface area (Å²) in [5.74, 6) is -0.688. The molecule has 0 spiro atoms. The monoisotopic (exact) mass is 396 g/mol. The smallest absolute Gasteiger partial charge is 0.337 e. The Labute approximate surface area is 166 Å². The van der Waals surface area contributed by atoms with Gasteiger partial charge in [-0.3, -0.25) is 19.8 Å². The van der Waals surface area contributed by atoms with Crippen molar-refractivity contribution < 1.29 is 23.5 Å². The lowest BCUT2D eigenvalue weighted by atomic mass is 10.1. The first-order chi connectivity index (χ1) is 13.4. The highest BCUT2D eigenvalue weighted by Gasteiger charge is 2.32. The number of benzene rings is 1. The van der Waals surface area contributed by atoms with Crippen molar-refractivity contribution in [3.8, 4) is 11.3 Å². The topological polar surface area (TPSA) is 88.8 Å². The molecule has 1 N–H and O–H groups in total. The molecule has 2 aromatic rings. The van der Waals surface area contributed by atoms with Gasteiger partial charge in [0, 0.05) is 12.1 Å². The second-order valence-electron chi connectivity index (χ2n) is 5.79. The van der Waals surface area contributed by atoms with Gasteiger partial charge in [0.1, 0.15) is 17.1 Å². The molecule has 142 valence electrons. The molecule has 28 heavy (non-hydrogen) atoms. The standard InChI is InChI=1S/C20H16N2O5S/c1-3-10-22-18(24)15(17(23)21-20(22)28)11-14-8-9-16(27-14)12-4-6-13(7-5-12)19(25)26-2/h3-9,11H,1,10H2,2H3,(H,21,23,28). The van der Waals surface area contributed by atoms with Crippen LogP contribution in [0, 0.1) is 0 Å². The Kier molecular flexibility index (Phi) is 5.51. The summed E-state index contributed by atoms with van der Waals surface area (Å²) in [6.45, 7) is 3.76. The average Bonchev–Trinajstić information content (AvgIpc) is 3.16. The van der Waals surface area contributed by atoms with Crippen molar-refractivity contribution in [1.29, 1.82) is 0 Å². The molecule has 0 radical (unpaired) electrons. The largest absolute Gasteiger partial charge is 0.465 e. The summed E-state index contributed by atoms with van der Waals surface area (Å²) in [7, 11) is 1.31. The Hall–Kier alpha value is -3.52. The van der Waals surface area contributed by atoms with Gasteiger partial charge < -0.3 is 9.15 Å². The van der Waals surface area contributed by atoms with E-state index >= 15 is 0 Å². The molecule has 2 heterocycles. The first kappa shape index (κ1) is 19.2. The highest BCUT2D eigenvalue weighted by atomic mass is 32.1. The lowest BCUT2D eigenvalue weighted by molar-refractivity contribution is -0.128. The normalized spacial score (nSPS) is 15.5. The maximum absolute atomic E-state index is 12.5. The fraction of sp³-hybridized carbons (Fsp3) is 0.100. The second kappa shape index (κ2) is 8.01.